The van der Waals surface area contributed by atoms with Crippen molar-refractivity contribution in [2.75, 3.05) is 11.1 Å². The Morgan fingerprint density at radius 2 is 1.80 bits per heavy atom. The second kappa shape index (κ2) is 9.42. The van der Waals surface area contributed by atoms with Gasteiger partial charge in [0.25, 0.3) is 11.1 Å². The van der Waals surface area contributed by atoms with E-state index < -0.39 is 0 Å². The molecular formula is C19H16ClN7O2S. The third-order valence-corrected chi connectivity index (χ3v) is 4.74. The van der Waals surface area contributed by atoms with Crippen LogP contribution >= 0.6 is 23.4 Å². The molecule has 0 spiro atoms. The lowest BCUT2D eigenvalue weighted by molar-refractivity contribution is 0.252. The van der Waals surface area contributed by atoms with E-state index in [0.717, 1.165) is 5.69 Å². The fourth-order valence-electron chi connectivity index (χ4n) is 2.37. The largest absolute Gasteiger partial charge is 0.484 e. The zero-order valence-corrected chi connectivity index (χ0v) is 17.1. The standard InChI is InChI=1S/C19H16ClN7O2S/c20-12-6-8-14(9-7-12)28-10-16-26-27-19(29-16)30-11-15-23-17(21)25-18(24-15)22-13-4-2-1-3-5-13/h1-9H,10-11H2,(H3,21,22,23,24,25). The summed E-state index contributed by atoms with van der Waals surface area (Å²) in [5.41, 5.74) is 6.65. The maximum atomic E-state index is 5.85. The highest BCUT2D eigenvalue weighted by Crippen LogP contribution is 2.22. The van der Waals surface area contributed by atoms with Gasteiger partial charge in [0.15, 0.2) is 6.61 Å². The van der Waals surface area contributed by atoms with Crippen molar-refractivity contribution in [1.29, 1.82) is 0 Å². The Bertz CT molecular complexity index is 1110. The summed E-state index contributed by atoms with van der Waals surface area (Å²) in [7, 11) is 0. The highest BCUT2D eigenvalue weighted by atomic mass is 35.5. The molecule has 0 unspecified atom stereocenters. The van der Waals surface area contributed by atoms with Crippen molar-refractivity contribution in [2.45, 2.75) is 17.6 Å². The van der Waals surface area contributed by atoms with Crippen molar-refractivity contribution < 1.29 is 9.15 Å². The lowest BCUT2D eigenvalue weighted by Crippen LogP contribution is -2.06. The van der Waals surface area contributed by atoms with E-state index in [1.165, 1.54) is 11.8 Å². The molecule has 2 aromatic heterocycles. The minimum atomic E-state index is 0.126. The average molecular weight is 442 g/mol. The summed E-state index contributed by atoms with van der Waals surface area (Å²) in [4.78, 5) is 12.6. The Morgan fingerprint density at radius 3 is 2.60 bits per heavy atom. The van der Waals surface area contributed by atoms with E-state index in [1.807, 2.05) is 30.3 Å². The monoisotopic (exact) mass is 441 g/mol. The Labute approximate surface area is 181 Å². The molecule has 30 heavy (non-hydrogen) atoms. The molecule has 152 valence electrons. The minimum absolute atomic E-state index is 0.126. The third kappa shape index (κ3) is 5.58. The molecule has 0 aliphatic carbocycles. The third-order valence-electron chi connectivity index (χ3n) is 3.68. The molecule has 4 aromatic rings. The van der Waals surface area contributed by atoms with Crippen LogP contribution in [0.2, 0.25) is 5.02 Å². The Kier molecular flexibility index (Phi) is 6.26. The number of rotatable bonds is 8. The lowest BCUT2D eigenvalue weighted by atomic mass is 10.3. The van der Waals surface area contributed by atoms with Crippen LogP contribution in [-0.2, 0) is 12.4 Å². The number of para-hydroxylation sites is 1. The van der Waals surface area contributed by atoms with Gasteiger partial charge in [0.2, 0.25) is 11.9 Å². The maximum Gasteiger partial charge on any atom is 0.277 e. The van der Waals surface area contributed by atoms with Gasteiger partial charge in [-0.05, 0) is 36.4 Å². The molecule has 0 bridgehead atoms. The van der Waals surface area contributed by atoms with Crippen LogP contribution in [0.15, 0.2) is 64.2 Å². The molecule has 2 heterocycles. The first-order valence-corrected chi connectivity index (χ1v) is 10.2. The number of anilines is 3. The fraction of sp³-hybridized carbons (Fsp3) is 0.105. The molecule has 0 aliphatic rings. The van der Waals surface area contributed by atoms with Crippen molar-refractivity contribution in [3.63, 3.8) is 0 Å². The van der Waals surface area contributed by atoms with Gasteiger partial charge in [-0.2, -0.15) is 15.0 Å². The van der Waals surface area contributed by atoms with E-state index in [2.05, 4.69) is 30.5 Å². The molecule has 11 heteroatoms. The molecule has 0 radical (unpaired) electrons. The summed E-state index contributed by atoms with van der Waals surface area (Å²) in [6, 6.07) is 16.6. The number of halogens is 1. The minimum Gasteiger partial charge on any atom is -0.484 e. The first kappa shape index (κ1) is 19.9. The van der Waals surface area contributed by atoms with E-state index in [1.54, 1.807) is 24.3 Å². The Balaban J connectivity index is 1.34. The molecular weight excluding hydrogens is 426 g/mol. The van der Waals surface area contributed by atoms with Crippen LogP contribution in [0.5, 0.6) is 5.75 Å². The Morgan fingerprint density at radius 1 is 1.00 bits per heavy atom. The molecule has 0 aliphatic heterocycles. The van der Waals surface area contributed by atoms with Crippen molar-refractivity contribution >= 4 is 40.9 Å². The van der Waals surface area contributed by atoms with Gasteiger partial charge >= 0.3 is 0 Å². The Hall–Kier alpha value is -3.37. The predicted octanol–water partition coefficient (Wildman–Crippen LogP) is 4.11. The predicted molar refractivity (Wildman–Crippen MR) is 114 cm³/mol. The summed E-state index contributed by atoms with van der Waals surface area (Å²) in [5.74, 6) is 2.38. The smallest absolute Gasteiger partial charge is 0.277 e. The zero-order chi connectivity index (χ0) is 20.8. The highest BCUT2D eigenvalue weighted by molar-refractivity contribution is 7.98. The number of ether oxygens (including phenoxy) is 1. The number of hydrogen-bond acceptors (Lipinski definition) is 10. The number of nitrogens with zero attached hydrogens (tertiary/aromatic N) is 5. The molecule has 0 amide bonds. The fourth-order valence-corrected chi connectivity index (χ4v) is 3.13. The molecule has 0 saturated heterocycles. The van der Waals surface area contributed by atoms with Crippen molar-refractivity contribution in [2.24, 2.45) is 0 Å². The summed E-state index contributed by atoms with van der Waals surface area (Å²) < 4.78 is 11.2. The van der Waals surface area contributed by atoms with E-state index in [4.69, 9.17) is 26.5 Å². The molecule has 0 saturated carbocycles. The second-order valence-electron chi connectivity index (χ2n) is 5.92. The first-order chi connectivity index (χ1) is 14.6. The molecule has 2 aromatic carbocycles. The maximum absolute atomic E-state index is 5.85. The molecule has 3 N–H and O–H groups in total. The van der Waals surface area contributed by atoms with Gasteiger partial charge in [-0.15, -0.1) is 10.2 Å². The van der Waals surface area contributed by atoms with Crippen LogP contribution in [0.4, 0.5) is 17.6 Å². The zero-order valence-electron chi connectivity index (χ0n) is 15.5. The van der Waals surface area contributed by atoms with Crippen molar-refractivity contribution in [3.8, 4) is 5.75 Å². The number of thioether (sulfide) groups is 1. The quantitative estimate of drug-likeness (QED) is 0.386. The topological polar surface area (TPSA) is 125 Å². The number of nitrogen functional groups attached to an aromatic ring is 1. The SMILES string of the molecule is Nc1nc(CSc2nnc(COc3ccc(Cl)cc3)o2)nc(Nc2ccccc2)n1. The number of nitrogens with one attached hydrogen (secondary N) is 1. The van der Waals surface area contributed by atoms with Gasteiger partial charge in [0.05, 0.1) is 5.75 Å². The van der Waals surface area contributed by atoms with Crippen LogP contribution in [0, 0.1) is 0 Å². The first-order valence-electron chi connectivity index (χ1n) is 8.80. The normalized spacial score (nSPS) is 10.7. The van der Waals surface area contributed by atoms with Gasteiger partial charge in [0, 0.05) is 10.7 Å². The van der Waals surface area contributed by atoms with Crippen LogP contribution in [0.1, 0.15) is 11.7 Å². The summed E-state index contributed by atoms with van der Waals surface area (Å²) in [5, 5.41) is 12.1. The van der Waals surface area contributed by atoms with Gasteiger partial charge in [-0.3, -0.25) is 0 Å². The van der Waals surface area contributed by atoms with E-state index in [-0.39, 0.29) is 12.6 Å². The van der Waals surface area contributed by atoms with E-state index >= 15 is 0 Å². The van der Waals surface area contributed by atoms with Gasteiger partial charge in [-0.25, -0.2) is 0 Å². The number of benzene rings is 2. The molecule has 0 atom stereocenters. The highest BCUT2D eigenvalue weighted by Gasteiger charge is 2.11. The van der Waals surface area contributed by atoms with Crippen LogP contribution in [0.3, 0.4) is 0 Å². The number of nitrogens with two attached hydrogens (primary N) is 1. The second-order valence-corrected chi connectivity index (χ2v) is 7.28. The average Bonchev–Trinajstić information content (AvgIpc) is 3.20. The van der Waals surface area contributed by atoms with Gasteiger partial charge in [-0.1, -0.05) is 41.6 Å². The summed E-state index contributed by atoms with van der Waals surface area (Å²) in [6.07, 6.45) is 0. The van der Waals surface area contributed by atoms with Crippen molar-refractivity contribution in [3.05, 3.63) is 71.3 Å². The molecule has 4 rings (SSSR count). The van der Waals surface area contributed by atoms with Crippen LogP contribution in [-0.4, -0.2) is 25.1 Å². The molecule has 0 fully saturated rings. The van der Waals surface area contributed by atoms with E-state index in [0.29, 0.717) is 39.4 Å². The summed E-state index contributed by atoms with van der Waals surface area (Å²) >= 11 is 7.14. The lowest BCUT2D eigenvalue weighted by Gasteiger charge is -2.06. The van der Waals surface area contributed by atoms with Crippen molar-refractivity contribution in [1.82, 2.24) is 25.1 Å². The van der Waals surface area contributed by atoms with Gasteiger partial charge in [0.1, 0.15) is 11.6 Å². The number of hydrogen-bond donors (Lipinski definition) is 2. The van der Waals surface area contributed by atoms with Crippen LogP contribution in [0.25, 0.3) is 0 Å². The number of aromatic nitrogens is 5. The summed E-state index contributed by atoms with van der Waals surface area (Å²) in [6.45, 7) is 0.152. The van der Waals surface area contributed by atoms with Gasteiger partial charge < -0.3 is 20.2 Å². The molecule has 9 nitrogen and oxygen atoms in total. The van der Waals surface area contributed by atoms with E-state index in [9.17, 15) is 0 Å². The van der Waals surface area contributed by atoms with Crippen LogP contribution < -0.4 is 15.8 Å².